The first-order valence-corrected chi connectivity index (χ1v) is 8.73. The molecule has 0 spiro atoms. The summed E-state index contributed by atoms with van der Waals surface area (Å²) in [6.45, 7) is -0.148. The summed E-state index contributed by atoms with van der Waals surface area (Å²) in [5.74, 6) is 0. The summed E-state index contributed by atoms with van der Waals surface area (Å²) < 4.78 is 23.7. The predicted octanol–water partition coefficient (Wildman–Crippen LogP) is 1.94. The van der Waals surface area contributed by atoms with Crippen molar-refractivity contribution in [2.45, 2.75) is 37.0 Å². The van der Waals surface area contributed by atoms with Gasteiger partial charge in [-0.05, 0) is 0 Å². The molecule has 6 heteroatoms. The van der Waals surface area contributed by atoms with Gasteiger partial charge in [0.1, 0.15) is 24.4 Å². The molecular weight excluding hydrogens is 336 g/mol. The van der Waals surface area contributed by atoms with E-state index in [-0.39, 0.29) is 13.2 Å². The summed E-state index contributed by atoms with van der Waals surface area (Å²) in [6.07, 6.45) is -4.31. The van der Waals surface area contributed by atoms with Crippen LogP contribution < -0.4 is 0 Å². The van der Waals surface area contributed by atoms with Gasteiger partial charge in [0.25, 0.3) is 0 Å². The molecule has 0 amide bonds. The summed E-state index contributed by atoms with van der Waals surface area (Å²) in [7, 11) is 0. The molecule has 138 valence electrons. The second-order valence-electron chi connectivity index (χ2n) is 6.44. The lowest BCUT2D eigenvalue weighted by molar-refractivity contribution is -0.352. The minimum atomic E-state index is -0.955. The first kappa shape index (κ1) is 17.6. The van der Waals surface area contributed by atoms with E-state index < -0.39 is 37.0 Å². The van der Waals surface area contributed by atoms with Crippen LogP contribution in [0.25, 0.3) is 0 Å². The van der Waals surface area contributed by atoms with Crippen LogP contribution in [0.5, 0.6) is 0 Å². The maximum absolute atomic E-state index is 10.6. The second kappa shape index (κ2) is 7.84. The van der Waals surface area contributed by atoms with Crippen LogP contribution in [-0.2, 0) is 18.9 Å². The molecule has 26 heavy (non-hydrogen) atoms. The van der Waals surface area contributed by atoms with Gasteiger partial charge in [0.05, 0.1) is 13.2 Å². The molecule has 4 rings (SSSR count). The van der Waals surface area contributed by atoms with E-state index in [0.29, 0.717) is 0 Å². The second-order valence-corrected chi connectivity index (χ2v) is 6.44. The fraction of sp³-hybridized carbons (Fsp3) is 0.400. The van der Waals surface area contributed by atoms with Crippen molar-refractivity contribution in [3.05, 3.63) is 71.8 Å². The average molecular weight is 358 g/mol. The molecule has 0 radical (unpaired) electrons. The highest BCUT2D eigenvalue weighted by atomic mass is 16.8. The largest absolute Gasteiger partial charge is 0.394 e. The zero-order chi connectivity index (χ0) is 17.9. The van der Waals surface area contributed by atoms with Gasteiger partial charge in [-0.25, -0.2) is 0 Å². The maximum Gasteiger partial charge on any atom is 0.184 e. The van der Waals surface area contributed by atoms with Gasteiger partial charge >= 0.3 is 0 Å². The highest BCUT2D eigenvalue weighted by molar-refractivity contribution is 5.18. The summed E-state index contributed by atoms with van der Waals surface area (Å²) >= 11 is 0. The van der Waals surface area contributed by atoms with E-state index >= 15 is 0 Å². The summed E-state index contributed by atoms with van der Waals surface area (Å²) in [6, 6.07) is 19.0. The lowest BCUT2D eigenvalue weighted by Gasteiger charge is -2.45. The Morgan fingerprint density at radius 2 is 1.42 bits per heavy atom. The third kappa shape index (κ3) is 3.53. The quantitative estimate of drug-likeness (QED) is 0.873. The van der Waals surface area contributed by atoms with Crippen LogP contribution in [0.2, 0.25) is 0 Å². The molecule has 0 aliphatic carbocycles. The molecular formula is C20H22O6. The van der Waals surface area contributed by atoms with Crippen LogP contribution in [0.4, 0.5) is 0 Å². The molecule has 0 aromatic heterocycles. The van der Waals surface area contributed by atoms with E-state index in [1.165, 1.54) is 0 Å². The lowest BCUT2D eigenvalue weighted by Crippen LogP contribution is -2.57. The van der Waals surface area contributed by atoms with E-state index in [9.17, 15) is 10.2 Å². The fourth-order valence-corrected chi connectivity index (χ4v) is 3.31. The SMILES string of the molecule is OC[C@@H]1OC(c2ccccc2)OC[C@H]2OC(c3ccccc3)O[C@@H]1[C@H]2O. The first-order valence-electron chi connectivity index (χ1n) is 8.73. The van der Waals surface area contributed by atoms with Gasteiger partial charge in [-0.15, -0.1) is 0 Å². The maximum atomic E-state index is 10.6. The van der Waals surface area contributed by atoms with Gasteiger partial charge in [-0.3, -0.25) is 0 Å². The number of aliphatic hydroxyl groups excluding tert-OH is 2. The molecule has 2 aromatic rings. The van der Waals surface area contributed by atoms with E-state index in [4.69, 9.17) is 18.9 Å². The van der Waals surface area contributed by atoms with Crippen LogP contribution in [0.15, 0.2) is 60.7 Å². The highest BCUT2D eigenvalue weighted by Gasteiger charge is 2.46. The van der Waals surface area contributed by atoms with Crippen LogP contribution >= 0.6 is 0 Å². The third-order valence-electron chi connectivity index (χ3n) is 4.70. The molecule has 2 aromatic carbocycles. The molecule has 2 fully saturated rings. The van der Waals surface area contributed by atoms with Crippen LogP contribution in [0.3, 0.4) is 0 Å². The van der Waals surface area contributed by atoms with Crippen molar-refractivity contribution in [2.24, 2.45) is 0 Å². The molecule has 2 saturated heterocycles. The predicted molar refractivity (Wildman–Crippen MR) is 92.0 cm³/mol. The average Bonchev–Trinajstić information content (AvgIpc) is 2.71. The van der Waals surface area contributed by atoms with Gasteiger partial charge in [-0.1, -0.05) is 60.7 Å². The van der Waals surface area contributed by atoms with E-state index in [1.54, 1.807) is 0 Å². The Morgan fingerprint density at radius 1 is 0.808 bits per heavy atom. The zero-order valence-electron chi connectivity index (χ0n) is 14.2. The molecule has 6 atom stereocenters. The Bertz CT molecular complexity index is 654. The van der Waals surface area contributed by atoms with E-state index in [0.717, 1.165) is 11.1 Å². The van der Waals surface area contributed by atoms with Gasteiger partial charge in [0.15, 0.2) is 12.6 Å². The normalized spacial score (nSPS) is 34.7. The molecule has 2 aliphatic rings. The van der Waals surface area contributed by atoms with Crippen molar-refractivity contribution in [3.63, 3.8) is 0 Å². The number of benzene rings is 2. The smallest absolute Gasteiger partial charge is 0.184 e. The number of hydrogen-bond acceptors (Lipinski definition) is 6. The minimum Gasteiger partial charge on any atom is -0.394 e. The van der Waals surface area contributed by atoms with Crippen molar-refractivity contribution in [2.75, 3.05) is 13.2 Å². The van der Waals surface area contributed by atoms with Gasteiger partial charge in [0.2, 0.25) is 0 Å². The lowest BCUT2D eigenvalue weighted by atomic mass is 10.00. The number of rotatable bonds is 3. The van der Waals surface area contributed by atoms with Crippen LogP contribution in [-0.4, -0.2) is 47.8 Å². The van der Waals surface area contributed by atoms with Gasteiger partial charge in [0, 0.05) is 11.1 Å². The molecule has 2 bridgehead atoms. The van der Waals surface area contributed by atoms with E-state index in [2.05, 4.69) is 0 Å². The Hall–Kier alpha value is -1.80. The van der Waals surface area contributed by atoms with Crippen LogP contribution in [0.1, 0.15) is 23.7 Å². The number of fused-ring (bicyclic) bond motifs is 2. The van der Waals surface area contributed by atoms with Crippen molar-refractivity contribution in [3.8, 4) is 0 Å². The number of hydrogen-bond donors (Lipinski definition) is 2. The Labute approximate surface area is 151 Å². The molecule has 2 unspecified atom stereocenters. The van der Waals surface area contributed by atoms with Crippen molar-refractivity contribution in [1.82, 2.24) is 0 Å². The molecule has 2 N–H and O–H groups in total. The first-order chi connectivity index (χ1) is 12.8. The molecule has 2 aliphatic heterocycles. The summed E-state index contributed by atoms with van der Waals surface area (Å²) in [5.41, 5.74) is 1.67. The Balaban J connectivity index is 1.59. The topological polar surface area (TPSA) is 77.4 Å². The Kier molecular flexibility index (Phi) is 5.31. The van der Waals surface area contributed by atoms with Gasteiger partial charge < -0.3 is 29.2 Å². The number of ether oxygens (including phenoxy) is 4. The number of aliphatic hydroxyl groups is 2. The summed E-state index contributed by atoms with van der Waals surface area (Å²) in [5, 5.41) is 20.4. The van der Waals surface area contributed by atoms with E-state index in [1.807, 2.05) is 60.7 Å². The molecule has 2 heterocycles. The molecule has 0 saturated carbocycles. The fourth-order valence-electron chi connectivity index (χ4n) is 3.31. The van der Waals surface area contributed by atoms with Crippen molar-refractivity contribution < 1.29 is 29.2 Å². The zero-order valence-corrected chi connectivity index (χ0v) is 14.2. The summed E-state index contributed by atoms with van der Waals surface area (Å²) in [4.78, 5) is 0. The Morgan fingerprint density at radius 3 is 2.04 bits per heavy atom. The third-order valence-corrected chi connectivity index (χ3v) is 4.70. The monoisotopic (exact) mass is 358 g/mol. The molecule has 6 nitrogen and oxygen atoms in total. The standard InChI is InChI=1S/C20H22O6/c21-11-15-18-17(22)16(25-20(26-18)14-9-5-2-6-10-14)12-23-19(24-15)13-7-3-1-4-8-13/h1-10,15-22H,11-12H2/t15-,16+,17-,18-,19?,20?/m0/s1. The highest BCUT2D eigenvalue weighted by Crippen LogP contribution is 2.36. The van der Waals surface area contributed by atoms with Gasteiger partial charge in [-0.2, -0.15) is 0 Å². The minimum absolute atomic E-state index is 0.155. The van der Waals surface area contributed by atoms with Crippen LogP contribution in [0, 0.1) is 0 Å². The van der Waals surface area contributed by atoms with Crippen molar-refractivity contribution >= 4 is 0 Å². The van der Waals surface area contributed by atoms with Crippen molar-refractivity contribution in [1.29, 1.82) is 0 Å².